The lowest BCUT2D eigenvalue weighted by Gasteiger charge is -2.30. The zero-order valence-electron chi connectivity index (χ0n) is 18.9. The third kappa shape index (κ3) is 4.86. The van der Waals surface area contributed by atoms with Gasteiger partial charge in [-0.05, 0) is 29.8 Å². The van der Waals surface area contributed by atoms with E-state index in [0.717, 1.165) is 0 Å². The highest BCUT2D eigenvalue weighted by Crippen LogP contribution is 2.44. The molecule has 5 rings (SSSR count). The summed E-state index contributed by atoms with van der Waals surface area (Å²) in [5.41, 5.74) is 0.658. The molecular weight excluding hydrogens is 529 g/mol. The van der Waals surface area contributed by atoms with Crippen molar-refractivity contribution in [1.29, 1.82) is 0 Å². The Morgan fingerprint density at radius 1 is 1.19 bits per heavy atom. The summed E-state index contributed by atoms with van der Waals surface area (Å²) < 4.78 is 34.9. The summed E-state index contributed by atoms with van der Waals surface area (Å²) in [7, 11) is 0. The number of hydrogen-bond acceptors (Lipinski definition) is 7. The molecule has 0 amide bonds. The molecule has 1 aliphatic carbocycles. The Bertz CT molecular complexity index is 1420. The molecule has 8 nitrogen and oxygen atoms in total. The highest BCUT2D eigenvalue weighted by Gasteiger charge is 2.46. The van der Waals surface area contributed by atoms with Gasteiger partial charge in [-0.2, -0.15) is 0 Å². The van der Waals surface area contributed by atoms with Gasteiger partial charge >= 0.3 is 5.97 Å². The van der Waals surface area contributed by atoms with Crippen LogP contribution in [0.15, 0.2) is 60.7 Å². The summed E-state index contributed by atoms with van der Waals surface area (Å²) in [5.74, 6) is -5.79. The van der Waals surface area contributed by atoms with Gasteiger partial charge in [-0.15, -0.1) is 0 Å². The van der Waals surface area contributed by atoms with Crippen LogP contribution in [-0.2, 0) is 4.79 Å². The number of nitrogens with zero attached hydrogens (tertiary/aromatic N) is 4. The first kappa shape index (κ1) is 25.0. The number of fused-ring (bicyclic) bond motifs is 1. The van der Waals surface area contributed by atoms with Crippen LogP contribution in [0.1, 0.15) is 34.0 Å². The molecule has 0 radical (unpaired) electrons. The second kappa shape index (κ2) is 9.68. The van der Waals surface area contributed by atoms with Crippen LogP contribution in [0.3, 0.4) is 0 Å². The van der Waals surface area contributed by atoms with Crippen molar-refractivity contribution in [2.24, 2.45) is 0 Å². The van der Waals surface area contributed by atoms with Crippen molar-refractivity contribution in [3.8, 4) is 5.88 Å². The van der Waals surface area contributed by atoms with E-state index >= 15 is 0 Å². The first-order valence-electron chi connectivity index (χ1n) is 11.1. The van der Waals surface area contributed by atoms with Gasteiger partial charge in [0.2, 0.25) is 5.88 Å². The van der Waals surface area contributed by atoms with Crippen molar-refractivity contribution in [3.63, 3.8) is 0 Å². The summed E-state index contributed by atoms with van der Waals surface area (Å²) >= 11 is 12.6. The van der Waals surface area contributed by atoms with E-state index < -0.39 is 48.2 Å². The van der Waals surface area contributed by atoms with Crippen LogP contribution >= 0.6 is 23.2 Å². The number of carbonyl (C=O) groups is 2. The molecule has 1 aromatic carbocycles. The number of aliphatic carboxylic acids is 1. The largest absolute Gasteiger partial charge is 0.478 e. The zero-order chi connectivity index (χ0) is 26.3. The van der Waals surface area contributed by atoms with E-state index in [4.69, 9.17) is 27.9 Å². The van der Waals surface area contributed by atoms with E-state index in [9.17, 15) is 23.5 Å². The summed E-state index contributed by atoms with van der Waals surface area (Å²) in [4.78, 5) is 38.5. The molecular formula is C25H18Cl2F2N4O4. The lowest BCUT2D eigenvalue weighted by molar-refractivity contribution is -0.132. The molecule has 1 unspecified atom stereocenters. The lowest BCUT2D eigenvalue weighted by atomic mass is 9.81. The van der Waals surface area contributed by atoms with Crippen LogP contribution in [0, 0.1) is 0 Å². The quantitative estimate of drug-likeness (QED) is 0.439. The van der Waals surface area contributed by atoms with Crippen molar-refractivity contribution in [2.75, 3.05) is 18.1 Å². The average Bonchev–Trinajstić information content (AvgIpc) is 3.18. The molecule has 2 atom stereocenters. The van der Waals surface area contributed by atoms with E-state index in [1.54, 1.807) is 12.1 Å². The molecule has 1 aliphatic heterocycles. The summed E-state index contributed by atoms with van der Waals surface area (Å²) in [6.07, 6.45) is 6.61. The molecule has 0 bridgehead atoms. The first-order valence-corrected chi connectivity index (χ1v) is 11.9. The van der Waals surface area contributed by atoms with E-state index in [2.05, 4.69) is 15.0 Å². The Morgan fingerprint density at radius 3 is 2.70 bits per heavy atom. The molecule has 2 aromatic heterocycles. The third-order valence-electron chi connectivity index (χ3n) is 6.23. The maximum absolute atomic E-state index is 14.6. The molecule has 37 heavy (non-hydrogen) atoms. The van der Waals surface area contributed by atoms with Crippen LogP contribution in [-0.4, -0.2) is 56.9 Å². The summed E-state index contributed by atoms with van der Waals surface area (Å²) in [6.45, 7) is -0.773. The minimum Gasteiger partial charge on any atom is -0.478 e. The standard InChI is InChI=1S/C25H18Cl2F2N4O4/c26-18-2-1-3-32-23(18)37-11-13-9-25(28,29)12-33(13)21-8-14-15(20-10-30-4-5-31-20)6-17(24(35)36)22(34)16(14)7-19(21)27/h1-8,10,13,15H,9,11-12H2,(H,35,36)/t13-,15?/m1/s1. The number of ketones is 1. The molecule has 1 N–H and O–H groups in total. The van der Waals surface area contributed by atoms with Crippen molar-refractivity contribution in [3.05, 3.63) is 87.6 Å². The Hall–Kier alpha value is -3.63. The molecule has 3 heterocycles. The number of alkyl halides is 2. The van der Waals surface area contributed by atoms with Crippen LogP contribution in [0.5, 0.6) is 5.88 Å². The van der Waals surface area contributed by atoms with Gasteiger partial charge in [-0.3, -0.25) is 14.8 Å². The molecule has 1 fully saturated rings. The monoisotopic (exact) mass is 546 g/mol. The average molecular weight is 547 g/mol. The third-order valence-corrected chi connectivity index (χ3v) is 6.82. The van der Waals surface area contributed by atoms with Gasteiger partial charge in [0.1, 0.15) is 17.2 Å². The number of Topliss-reactive ketones (excluding diaryl/α,β-unsaturated/α-hetero) is 1. The normalized spacial score (nSPS) is 20.4. The van der Waals surface area contributed by atoms with E-state index in [-0.39, 0.29) is 33.8 Å². The van der Waals surface area contributed by atoms with Gasteiger partial charge in [0.25, 0.3) is 5.92 Å². The zero-order valence-corrected chi connectivity index (χ0v) is 20.5. The fourth-order valence-corrected chi connectivity index (χ4v) is 5.04. The predicted octanol–water partition coefficient (Wildman–Crippen LogP) is 4.81. The molecule has 12 heteroatoms. The summed E-state index contributed by atoms with van der Waals surface area (Å²) in [5, 5.41) is 9.85. The SMILES string of the molecule is O=C(O)C1=CC(c2cnccn2)c2cc(N3CC(F)(F)C[C@@H]3COc3ncccc3Cl)c(Cl)cc2C1=O. The van der Waals surface area contributed by atoms with Crippen molar-refractivity contribution in [1.82, 2.24) is 15.0 Å². The van der Waals surface area contributed by atoms with E-state index in [0.29, 0.717) is 11.3 Å². The number of anilines is 1. The second-order valence-electron chi connectivity index (χ2n) is 8.66. The number of pyridine rings is 1. The van der Waals surface area contributed by atoms with Crippen LogP contribution in [0.25, 0.3) is 0 Å². The second-order valence-corrected chi connectivity index (χ2v) is 9.47. The van der Waals surface area contributed by atoms with Crippen LogP contribution in [0.2, 0.25) is 10.0 Å². The maximum atomic E-state index is 14.6. The minimum absolute atomic E-state index is 0.0233. The Labute approximate surface area is 219 Å². The summed E-state index contributed by atoms with van der Waals surface area (Å²) in [6, 6.07) is 5.26. The highest BCUT2D eigenvalue weighted by atomic mass is 35.5. The maximum Gasteiger partial charge on any atom is 0.339 e. The number of ether oxygens (including phenoxy) is 1. The first-order chi connectivity index (χ1) is 17.6. The van der Waals surface area contributed by atoms with Gasteiger partial charge in [-0.1, -0.05) is 29.3 Å². The van der Waals surface area contributed by atoms with Gasteiger partial charge in [-0.25, -0.2) is 18.6 Å². The van der Waals surface area contributed by atoms with E-state index in [1.165, 1.54) is 47.9 Å². The number of carboxylic acid groups (broad SMARTS) is 1. The molecule has 2 aliphatic rings. The molecule has 0 saturated carbocycles. The van der Waals surface area contributed by atoms with Gasteiger partial charge in [0.15, 0.2) is 5.78 Å². The van der Waals surface area contributed by atoms with Crippen LogP contribution < -0.4 is 9.64 Å². The van der Waals surface area contributed by atoms with Crippen molar-refractivity contribution >= 4 is 40.6 Å². The number of benzene rings is 1. The topological polar surface area (TPSA) is 106 Å². The Balaban J connectivity index is 1.55. The number of hydrogen-bond donors (Lipinski definition) is 1. The molecule has 1 saturated heterocycles. The number of allylic oxidation sites excluding steroid dienone is 1. The molecule has 0 spiro atoms. The van der Waals surface area contributed by atoms with Gasteiger partial charge in [0.05, 0.1) is 29.0 Å². The number of carboxylic acids is 1. The minimum atomic E-state index is -3.03. The molecule has 190 valence electrons. The Kier molecular flexibility index (Phi) is 6.55. The fraction of sp³-hybridized carbons (Fsp3) is 0.240. The highest BCUT2D eigenvalue weighted by molar-refractivity contribution is 6.34. The number of rotatable bonds is 6. The Morgan fingerprint density at radius 2 is 2.00 bits per heavy atom. The number of carbonyl (C=O) groups excluding carboxylic acids is 1. The van der Waals surface area contributed by atoms with Crippen LogP contribution in [0.4, 0.5) is 14.5 Å². The number of halogens is 4. The van der Waals surface area contributed by atoms with Gasteiger partial charge in [0, 0.05) is 42.7 Å². The van der Waals surface area contributed by atoms with Crippen molar-refractivity contribution < 1.29 is 28.2 Å². The fourth-order valence-electron chi connectivity index (χ4n) is 4.59. The van der Waals surface area contributed by atoms with Gasteiger partial charge < -0.3 is 14.7 Å². The van der Waals surface area contributed by atoms with Crippen molar-refractivity contribution in [2.45, 2.75) is 24.3 Å². The lowest BCUT2D eigenvalue weighted by Crippen LogP contribution is -2.35. The van der Waals surface area contributed by atoms with E-state index in [1.807, 2.05) is 0 Å². The number of aromatic nitrogens is 3. The smallest absolute Gasteiger partial charge is 0.339 e. The predicted molar refractivity (Wildman–Crippen MR) is 131 cm³/mol. The molecule has 3 aromatic rings.